The van der Waals surface area contributed by atoms with Crippen LogP contribution in [0.15, 0.2) is 48.5 Å². The molecule has 1 aliphatic rings. The van der Waals surface area contributed by atoms with E-state index in [1.807, 2.05) is 19.9 Å². The van der Waals surface area contributed by atoms with E-state index in [9.17, 15) is 14.4 Å². The van der Waals surface area contributed by atoms with E-state index in [1.165, 1.54) is 6.42 Å². The molecule has 0 bridgehead atoms. The summed E-state index contributed by atoms with van der Waals surface area (Å²) < 4.78 is 0. The summed E-state index contributed by atoms with van der Waals surface area (Å²) in [5, 5.41) is 11.8. The molecule has 0 atom stereocenters. The van der Waals surface area contributed by atoms with Crippen LogP contribution < -0.4 is 21.3 Å². The van der Waals surface area contributed by atoms with Crippen LogP contribution in [-0.4, -0.2) is 36.3 Å². The summed E-state index contributed by atoms with van der Waals surface area (Å²) in [6.45, 7) is 3.86. The van der Waals surface area contributed by atoms with E-state index in [2.05, 4.69) is 21.3 Å². The SMILES string of the molecule is CC(C)NC(=O)c1ccc(NC(=O)CNc2cccc(C(=O)NC3CCCCC3)c2)cc1. The van der Waals surface area contributed by atoms with Gasteiger partial charge in [-0.15, -0.1) is 0 Å². The van der Waals surface area contributed by atoms with Gasteiger partial charge in [-0.25, -0.2) is 0 Å². The molecule has 0 radical (unpaired) electrons. The molecule has 0 heterocycles. The molecule has 0 spiro atoms. The third-order valence-corrected chi connectivity index (χ3v) is 5.37. The molecule has 1 saturated carbocycles. The predicted octanol–water partition coefficient (Wildman–Crippen LogP) is 3.94. The fourth-order valence-corrected chi connectivity index (χ4v) is 3.72. The zero-order valence-electron chi connectivity index (χ0n) is 18.7. The Morgan fingerprint density at radius 2 is 1.59 bits per heavy atom. The molecule has 4 N–H and O–H groups in total. The van der Waals surface area contributed by atoms with Crippen molar-refractivity contribution >= 4 is 29.1 Å². The Balaban J connectivity index is 1.48. The number of carbonyl (C=O) groups is 3. The summed E-state index contributed by atoms with van der Waals surface area (Å²) in [7, 11) is 0. The number of hydrogen-bond donors (Lipinski definition) is 4. The van der Waals surface area contributed by atoms with E-state index in [4.69, 9.17) is 0 Å². The second-order valence-corrected chi connectivity index (χ2v) is 8.50. The van der Waals surface area contributed by atoms with Crippen LogP contribution in [0.3, 0.4) is 0 Å². The number of carbonyl (C=O) groups excluding carboxylic acids is 3. The lowest BCUT2D eigenvalue weighted by atomic mass is 9.95. The third-order valence-electron chi connectivity index (χ3n) is 5.37. The van der Waals surface area contributed by atoms with Gasteiger partial charge in [0, 0.05) is 34.6 Å². The molecule has 3 rings (SSSR count). The van der Waals surface area contributed by atoms with Crippen molar-refractivity contribution in [3.05, 3.63) is 59.7 Å². The van der Waals surface area contributed by atoms with Gasteiger partial charge in [0.25, 0.3) is 11.8 Å². The Morgan fingerprint density at radius 1 is 0.875 bits per heavy atom. The number of rotatable bonds is 8. The highest BCUT2D eigenvalue weighted by molar-refractivity contribution is 5.97. The van der Waals surface area contributed by atoms with Crippen LogP contribution in [0.4, 0.5) is 11.4 Å². The topological polar surface area (TPSA) is 99.3 Å². The predicted molar refractivity (Wildman–Crippen MR) is 127 cm³/mol. The minimum Gasteiger partial charge on any atom is -0.376 e. The Morgan fingerprint density at radius 3 is 2.28 bits per heavy atom. The molecule has 1 fully saturated rings. The van der Waals surface area contributed by atoms with Gasteiger partial charge < -0.3 is 21.3 Å². The fraction of sp³-hybridized carbons (Fsp3) is 0.400. The van der Waals surface area contributed by atoms with E-state index in [1.54, 1.807) is 42.5 Å². The quantitative estimate of drug-likeness (QED) is 0.504. The van der Waals surface area contributed by atoms with Crippen LogP contribution in [-0.2, 0) is 4.79 Å². The molecular weight excluding hydrogens is 404 g/mol. The van der Waals surface area contributed by atoms with Crippen molar-refractivity contribution in [2.24, 2.45) is 0 Å². The Labute approximate surface area is 189 Å². The monoisotopic (exact) mass is 436 g/mol. The van der Waals surface area contributed by atoms with Gasteiger partial charge in [-0.1, -0.05) is 25.3 Å². The van der Waals surface area contributed by atoms with Crippen LogP contribution >= 0.6 is 0 Å². The van der Waals surface area contributed by atoms with Crippen molar-refractivity contribution in [1.29, 1.82) is 0 Å². The zero-order chi connectivity index (χ0) is 22.9. The molecule has 0 aliphatic heterocycles. The van der Waals surface area contributed by atoms with Gasteiger partial charge in [-0.2, -0.15) is 0 Å². The molecule has 0 unspecified atom stereocenters. The summed E-state index contributed by atoms with van der Waals surface area (Å²) in [5.74, 6) is -0.444. The van der Waals surface area contributed by atoms with E-state index < -0.39 is 0 Å². The van der Waals surface area contributed by atoms with Crippen LogP contribution in [0.2, 0.25) is 0 Å². The third kappa shape index (κ3) is 7.11. The van der Waals surface area contributed by atoms with Crippen molar-refractivity contribution in [3.8, 4) is 0 Å². The molecule has 32 heavy (non-hydrogen) atoms. The molecule has 7 heteroatoms. The largest absolute Gasteiger partial charge is 0.376 e. The highest BCUT2D eigenvalue weighted by Crippen LogP contribution is 2.18. The molecule has 2 aromatic carbocycles. The van der Waals surface area contributed by atoms with Crippen molar-refractivity contribution in [2.75, 3.05) is 17.2 Å². The normalized spacial score (nSPS) is 14.0. The van der Waals surface area contributed by atoms with Gasteiger partial charge in [-0.05, 0) is 69.2 Å². The maximum Gasteiger partial charge on any atom is 0.251 e. The number of benzene rings is 2. The summed E-state index contributed by atoms with van der Waals surface area (Å²) in [5.41, 5.74) is 2.44. The van der Waals surface area contributed by atoms with Crippen molar-refractivity contribution in [3.63, 3.8) is 0 Å². The first-order valence-electron chi connectivity index (χ1n) is 11.3. The van der Waals surface area contributed by atoms with E-state index in [0.717, 1.165) is 25.7 Å². The van der Waals surface area contributed by atoms with E-state index in [0.29, 0.717) is 22.5 Å². The smallest absolute Gasteiger partial charge is 0.251 e. The Hall–Kier alpha value is -3.35. The zero-order valence-corrected chi connectivity index (χ0v) is 18.7. The van der Waals surface area contributed by atoms with Crippen molar-refractivity contribution in [1.82, 2.24) is 10.6 Å². The lowest BCUT2D eigenvalue weighted by Gasteiger charge is -2.22. The molecule has 0 saturated heterocycles. The van der Waals surface area contributed by atoms with Crippen LogP contribution in [0, 0.1) is 0 Å². The average Bonchev–Trinajstić information content (AvgIpc) is 2.78. The maximum atomic E-state index is 12.5. The number of nitrogens with one attached hydrogen (secondary N) is 4. The van der Waals surface area contributed by atoms with Gasteiger partial charge in [-0.3, -0.25) is 14.4 Å². The fourth-order valence-electron chi connectivity index (χ4n) is 3.72. The highest BCUT2D eigenvalue weighted by atomic mass is 16.2. The molecule has 1 aliphatic carbocycles. The highest BCUT2D eigenvalue weighted by Gasteiger charge is 2.17. The standard InChI is InChI=1S/C25H32N4O3/c1-17(2)27-24(31)18-11-13-21(14-12-18)28-23(30)16-26-22-10-6-7-19(15-22)25(32)29-20-8-4-3-5-9-20/h6-7,10-15,17,20,26H,3-5,8-9,16H2,1-2H3,(H,27,31)(H,28,30)(H,29,32). The maximum absolute atomic E-state index is 12.5. The minimum atomic E-state index is -0.221. The lowest BCUT2D eigenvalue weighted by molar-refractivity contribution is -0.114. The van der Waals surface area contributed by atoms with Crippen molar-refractivity contribution < 1.29 is 14.4 Å². The van der Waals surface area contributed by atoms with Crippen LogP contribution in [0.1, 0.15) is 66.7 Å². The molecule has 2 aromatic rings. The van der Waals surface area contributed by atoms with Gasteiger partial charge >= 0.3 is 0 Å². The summed E-state index contributed by atoms with van der Waals surface area (Å²) >= 11 is 0. The first kappa shape index (κ1) is 23.3. The van der Waals surface area contributed by atoms with Crippen molar-refractivity contribution in [2.45, 2.75) is 58.0 Å². The molecule has 0 aromatic heterocycles. The number of amides is 3. The summed E-state index contributed by atoms with van der Waals surface area (Å²) in [6, 6.07) is 14.2. The van der Waals surface area contributed by atoms with Crippen LogP contribution in [0.5, 0.6) is 0 Å². The molecule has 170 valence electrons. The molecule has 3 amide bonds. The Bertz CT molecular complexity index is 934. The van der Waals surface area contributed by atoms with Gasteiger partial charge in [0.05, 0.1) is 6.54 Å². The first-order chi connectivity index (χ1) is 15.4. The second-order valence-electron chi connectivity index (χ2n) is 8.50. The van der Waals surface area contributed by atoms with E-state index in [-0.39, 0.29) is 36.3 Å². The Kier molecular flexibility index (Phi) is 8.25. The average molecular weight is 437 g/mol. The van der Waals surface area contributed by atoms with Gasteiger partial charge in [0.1, 0.15) is 0 Å². The second kappa shape index (κ2) is 11.3. The lowest BCUT2D eigenvalue weighted by Crippen LogP contribution is -2.36. The minimum absolute atomic E-state index is 0.0588. The summed E-state index contributed by atoms with van der Waals surface area (Å²) in [6.07, 6.45) is 5.64. The van der Waals surface area contributed by atoms with Gasteiger partial charge in [0.15, 0.2) is 0 Å². The van der Waals surface area contributed by atoms with Gasteiger partial charge in [0.2, 0.25) is 5.91 Å². The summed E-state index contributed by atoms with van der Waals surface area (Å²) in [4.78, 5) is 36.8. The van der Waals surface area contributed by atoms with E-state index >= 15 is 0 Å². The first-order valence-corrected chi connectivity index (χ1v) is 11.3. The molecular formula is C25H32N4O3. The molecule has 7 nitrogen and oxygen atoms in total. The number of anilines is 2. The number of hydrogen-bond acceptors (Lipinski definition) is 4. The van der Waals surface area contributed by atoms with Crippen LogP contribution in [0.25, 0.3) is 0 Å².